The van der Waals surface area contributed by atoms with Gasteiger partial charge in [-0.1, -0.05) is 19.8 Å². The Morgan fingerprint density at radius 2 is 1.90 bits per heavy atom. The molecule has 1 amide bonds. The second-order valence-corrected chi connectivity index (χ2v) is 7.53. The van der Waals surface area contributed by atoms with Crippen molar-refractivity contribution in [1.29, 1.82) is 0 Å². The Bertz CT molecular complexity index is 455. The quantitative estimate of drug-likeness (QED) is 0.643. The Morgan fingerprint density at radius 3 is 2.35 bits per heavy atom. The molecule has 116 valence electrons. The van der Waals surface area contributed by atoms with Crippen molar-refractivity contribution < 1.29 is 23.1 Å². The summed E-state index contributed by atoms with van der Waals surface area (Å²) in [7, 11) is -3.45. The summed E-state index contributed by atoms with van der Waals surface area (Å²) in [6.45, 7) is 3.39. The average Bonchev–Trinajstić information content (AvgIpc) is 3.12. The summed E-state index contributed by atoms with van der Waals surface area (Å²) in [5.74, 6) is -2.27. The van der Waals surface area contributed by atoms with E-state index >= 15 is 0 Å². The average molecular weight is 305 g/mol. The first-order chi connectivity index (χ1) is 9.28. The van der Waals surface area contributed by atoms with Gasteiger partial charge in [0.1, 0.15) is 11.8 Å². The molecule has 0 saturated heterocycles. The van der Waals surface area contributed by atoms with Gasteiger partial charge in [0.2, 0.25) is 5.91 Å². The minimum atomic E-state index is -3.45. The van der Waals surface area contributed by atoms with Crippen molar-refractivity contribution in [2.45, 2.75) is 58.0 Å². The minimum absolute atomic E-state index is 0.00740. The molecule has 7 heteroatoms. The number of rotatable bonds is 9. The minimum Gasteiger partial charge on any atom is -0.480 e. The van der Waals surface area contributed by atoms with Crippen LogP contribution in [0.4, 0.5) is 0 Å². The molecule has 1 atom stereocenters. The van der Waals surface area contributed by atoms with E-state index in [4.69, 9.17) is 5.11 Å². The van der Waals surface area contributed by atoms with Gasteiger partial charge in [-0.05, 0) is 26.2 Å². The molecule has 0 bridgehead atoms. The Balaban J connectivity index is 2.64. The number of carboxylic acids is 1. The number of hydrogen-bond donors (Lipinski definition) is 1. The first-order valence-corrected chi connectivity index (χ1v) is 8.85. The first-order valence-electron chi connectivity index (χ1n) is 7.03. The van der Waals surface area contributed by atoms with Crippen LogP contribution in [0.2, 0.25) is 0 Å². The van der Waals surface area contributed by atoms with Crippen LogP contribution in [0.15, 0.2) is 0 Å². The molecule has 20 heavy (non-hydrogen) atoms. The topological polar surface area (TPSA) is 91.8 Å². The molecular weight excluding hydrogens is 282 g/mol. The molecule has 0 spiro atoms. The maximum absolute atomic E-state index is 12.1. The lowest BCUT2D eigenvalue weighted by molar-refractivity contribution is -0.149. The first kappa shape index (κ1) is 16.9. The van der Waals surface area contributed by atoms with Gasteiger partial charge < -0.3 is 10.0 Å². The van der Waals surface area contributed by atoms with E-state index < -0.39 is 33.5 Å². The molecular formula is C13H23NO5S. The third-order valence-electron chi connectivity index (χ3n) is 3.41. The molecule has 1 saturated carbocycles. The molecule has 0 aromatic carbocycles. The van der Waals surface area contributed by atoms with Gasteiger partial charge in [0.15, 0.2) is 9.84 Å². The van der Waals surface area contributed by atoms with E-state index in [-0.39, 0.29) is 11.8 Å². The van der Waals surface area contributed by atoms with Crippen molar-refractivity contribution in [3.05, 3.63) is 0 Å². The summed E-state index contributed by atoms with van der Waals surface area (Å²) in [6, 6.07) is -1.08. The Morgan fingerprint density at radius 1 is 1.30 bits per heavy atom. The molecule has 1 rings (SSSR count). The molecule has 0 aliphatic heterocycles. The molecule has 1 aliphatic rings. The van der Waals surface area contributed by atoms with E-state index in [1.54, 1.807) is 0 Å². The van der Waals surface area contributed by atoms with E-state index in [0.29, 0.717) is 6.42 Å². The normalized spacial score (nSPS) is 16.7. The summed E-state index contributed by atoms with van der Waals surface area (Å²) in [6.07, 6.45) is 3.77. The highest BCUT2D eigenvalue weighted by molar-refractivity contribution is 7.92. The van der Waals surface area contributed by atoms with Crippen LogP contribution in [0.3, 0.4) is 0 Å². The lowest BCUT2D eigenvalue weighted by Crippen LogP contribution is -2.47. The summed E-state index contributed by atoms with van der Waals surface area (Å²) < 4.78 is 23.7. The van der Waals surface area contributed by atoms with Gasteiger partial charge in [-0.25, -0.2) is 13.2 Å². The molecule has 6 nitrogen and oxygen atoms in total. The number of nitrogens with zero attached hydrogens (tertiary/aromatic N) is 1. The number of carbonyl (C=O) groups is 2. The van der Waals surface area contributed by atoms with Crippen LogP contribution < -0.4 is 0 Å². The molecule has 1 fully saturated rings. The molecule has 1 aliphatic carbocycles. The van der Waals surface area contributed by atoms with Crippen LogP contribution in [0.5, 0.6) is 0 Å². The molecule has 1 N–H and O–H groups in total. The van der Waals surface area contributed by atoms with Crippen LogP contribution in [0.25, 0.3) is 0 Å². The number of hydrogen-bond acceptors (Lipinski definition) is 4. The summed E-state index contributed by atoms with van der Waals surface area (Å²) in [4.78, 5) is 24.3. The predicted molar refractivity (Wildman–Crippen MR) is 75.1 cm³/mol. The van der Waals surface area contributed by atoms with Gasteiger partial charge in [-0.3, -0.25) is 4.79 Å². The zero-order chi connectivity index (χ0) is 15.3. The van der Waals surface area contributed by atoms with E-state index in [9.17, 15) is 18.0 Å². The van der Waals surface area contributed by atoms with Crippen molar-refractivity contribution in [3.63, 3.8) is 0 Å². The number of sulfone groups is 1. The highest BCUT2D eigenvalue weighted by Crippen LogP contribution is 2.29. The standard InChI is InChI=1S/C13H23NO5S/c1-3-4-5-8-20(18,19)9-12(15)14(11-6-7-11)10(2)13(16)17/h10-11H,3-9H2,1-2H3,(H,16,17). The fraction of sp³-hybridized carbons (Fsp3) is 0.846. The zero-order valence-electron chi connectivity index (χ0n) is 12.0. The van der Waals surface area contributed by atoms with Crippen LogP contribution >= 0.6 is 0 Å². The van der Waals surface area contributed by atoms with E-state index in [0.717, 1.165) is 25.7 Å². The monoisotopic (exact) mass is 305 g/mol. The van der Waals surface area contributed by atoms with Crippen molar-refractivity contribution in [3.8, 4) is 0 Å². The molecule has 0 heterocycles. The van der Waals surface area contributed by atoms with Gasteiger partial charge in [-0.2, -0.15) is 0 Å². The number of aliphatic carboxylic acids is 1. The largest absolute Gasteiger partial charge is 0.480 e. The third kappa shape index (κ3) is 5.11. The second-order valence-electron chi connectivity index (χ2n) is 5.35. The van der Waals surface area contributed by atoms with Crippen molar-refractivity contribution in [2.75, 3.05) is 11.5 Å². The van der Waals surface area contributed by atoms with E-state index in [1.807, 2.05) is 6.92 Å². The molecule has 1 unspecified atom stereocenters. The lowest BCUT2D eigenvalue weighted by Gasteiger charge is -2.26. The Hall–Kier alpha value is -1.11. The van der Waals surface area contributed by atoms with Crippen molar-refractivity contribution in [2.24, 2.45) is 0 Å². The molecule has 0 aromatic heterocycles. The maximum atomic E-state index is 12.1. The predicted octanol–water partition coefficient (Wildman–Crippen LogP) is 1.06. The number of carboxylic acid groups (broad SMARTS) is 1. The van der Waals surface area contributed by atoms with E-state index in [1.165, 1.54) is 11.8 Å². The second kappa shape index (κ2) is 7.06. The SMILES string of the molecule is CCCCCS(=O)(=O)CC(=O)N(C1CC1)C(C)C(=O)O. The van der Waals surface area contributed by atoms with Gasteiger partial charge in [0, 0.05) is 6.04 Å². The Kier molecular flexibility index (Phi) is 5.98. The van der Waals surface area contributed by atoms with Gasteiger partial charge in [-0.15, -0.1) is 0 Å². The van der Waals surface area contributed by atoms with Gasteiger partial charge in [0.05, 0.1) is 5.75 Å². The maximum Gasteiger partial charge on any atom is 0.326 e. The Labute approximate surface area is 120 Å². The van der Waals surface area contributed by atoms with Gasteiger partial charge in [0.25, 0.3) is 0 Å². The van der Waals surface area contributed by atoms with E-state index in [2.05, 4.69) is 0 Å². The fourth-order valence-corrected chi connectivity index (χ4v) is 3.43. The number of unbranched alkanes of at least 4 members (excludes halogenated alkanes) is 2. The van der Waals surface area contributed by atoms with Crippen LogP contribution in [-0.4, -0.2) is 53.9 Å². The van der Waals surface area contributed by atoms with Crippen LogP contribution in [0, 0.1) is 0 Å². The van der Waals surface area contributed by atoms with Crippen LogP contribution in [-0.2, 0) is 19.4 Å². The highest BCUT2D eigenvalue weighted by atomic mass is 32.2. The van der Waals surface area contributed by atoms with Crippen molar-refractivity contribution in [1.82, 2.24) is 4.90 Å². The third-order valence-corrected chi connectivity index (χ3v) is 5.00. The number of carbonyl (C=O) groups excluding carboxylic acids is 1. The molecule has 0 radical (unpaired) electrons. The van der Waals surface area contributed by atoms with Crippen LogP contribution in [0.1, 0.15) is 46.0 Å². The smallest absolute Gasteiger partial charge is 0.326 e. The lowest BCUT2D eigenvalue weighted by atomic mass is 10.2. The van der Waals surface area contributed by atoms with Gasteiger partial charge >= 0.3 is 5.97 Å². The summed E-state index contributed by atoms with van der Waals surface area (Å²) >= 11 is 0. The van der Waals surface area contributed by atoms with Crippen molar-refractivity contribution >= 4 is 21.7 Å². The molecule has 0 aromatic rings. The summed E-state index contributed by atoms with van der Waals surface area (Å²) in [5, 5.41) is 9.01. The highest BCUT2D eigenvalue weighted by Gasteiger charge is 2.39. The zero-order valence-corrected chi connectivity index (χ0v) is 12.9. The number of amides is 1. The fourth-order valence-electron chi connectivity index (χ4n) is 2.11. The summed E-state index contributed by atoms with van der Waals surface area (Å²) in [5.41, 5.74) is 0.